The molecule has 0 aliphatic heterocycles. The minimum absolute atomic E-state index is 0.252. The van der Waals surface area contributed by atoms with Gasteiger partial charge in [-0.2, -0.15) is 0 Å². The van der Waals surface area contributed by atoms with Gasteiger partial charge in [0.1, 0.15) is 0 Å². The molecule has 2 heteroatoms. The van der Waals surface area contributed by atoms with E-state index in [-0.39, 0.29) is 6.29 Å². The fourth-order valence-electron chi connectivity index (χ4n) is 2.37. The Hall–Kier alpha value is -1.64. The van der Waals surface area contributed by atoms with Gasteiger partial charge >= 0.3 is 0 Å². The molecule has 0 aliphatic carbocycles. The van der Waals surface area contributed by atoms with Crippen molar-refractivity contribution >= 4 is 0 Å². The third-order valence-electron chi connectivity index (χ3n) is 3.82. The standard InChI is InChI=1S/C21H28O2/c1-3-5-16-22-21(23-17-6-4-2)20-14-12-19(13-15-20)18-10-8-7-9-11-18/h7-15,21H,3-6,16-17H2,1-2H3. The SMILES string of the molecule is CCCCOC(OCCCC)c1ccc(-c2ccccc2)cc1. The second kappa shape index (κ2) is 10.2. The van der Waals surface area contributed by atoms with E-state index in [1.807, 2.05) is 6.07 Å². The van der Waals surface area contributed by atoms with Crippen LogP contribution in [0.15, 0.2) is 54.6 Å². The largest absolute Gasteiger partial charge is 0.348 e. The molecular weight excluding hydrogens is 284 g/mol. The molecule has 23 heavy (non-hydrogen) atoms. The van der Waals surface area contributed by atoms with Gasteiger partial charge in [0.05, 0.1) is 13.2 Å². The minimum Gasteiger partial charge on any atom is -0.348 e. The van der Waals surface area contributed by atoms with Crippen molar-refractivity contribution in [3.63, 3.8) is 0 Å². The molecule has 0 unspecified atom stereocenters. The van der Waals surface area contributed by atoms with Crippen LogP contribution >= 0.6 is 0 Å². The van der Waals surface area contributed by atoms with Gasteiger partial charge in [0.15, 0.2) is 6.29 Å². The van der Waals surface area contributed by atoms with Crippen LogP contribution in [-0.2, 0) is 9.47 Å². The van der Waals surface area contributed by atoms with Crippen molar-refractivity contribution in [3.8, 4) is 11.1 Å². The van der Waals surface area contributed by atoms with Gasteiger partial charge in [-0.25, -0.2) is 0 Å². The molecule has 124 valence electrons. The van der Waals surface area contributed by atoms with Crippen molar-refractivity contribution in [2.75, 3.05) is 13.2 Å². The maximum Gasteiger partial charge on any atom is 0.183 e. The van der Waals surface area contributed by atoms with E-state index in [1.54, 1.807) is 0 Å². The van der Waals surface area contributed by atoms with Crippen molar-refractivity contribution < 1.29 is 9.47 Å². The van der Waals surface area contributed by atoms with E-state index in [1.165, 1.54) is 11.1 Å². The van der Waals surface area contributed by atoms with E-state index in [4.69, 9.17) is 9.47 Å². The molecule has 2 rings (SSSR count). The first-order valence-corrected chi connectivity index (χ1v) is 8.73. The maximum absolute atomic E-state index is 5.94. The van der Waals surface area contributed by atoms with E-state index in [2.05, 4.69) is 62.4 Å². The van der Waals surface area contributed by atoms with Crippen molar-refractivity contribution in [2.45, 2.75) is 45.8 Å². The normalized spacial score (nSPS) is 11.1. The summed E-state index contributed by atoms with van der Waals surface area (Å²) >= 11 is 0. The van der Waals surface area contributed by atoms with Gasteiger partial charge < -0.3 is 9.47 Å². The molecule has 0 amide bonds. The molecule has 0 aliphatic rings. The van der Waals surface area contributed by atoms with Gasteiger partial charge in [-0.15, -0.1) is 0 Å². The number of ether oxygens (including phenoxy) is 2. The molecule has 0 saturated carbocycles. The van der Waals surface area contributed by atoms with Crippen LogP contribution in [0.5, 0.6) is 0 Å². The van der Waals surface area contributed by atoms with Crippen LogP contribution in [0.25, 0.3) is 11.1 Å². The van der Waals surface area contributed by atoms with Crippen LogP contribution in [0.3, 0.4) is 0 Å². The first kappa shape index (κ1) is 17.7. The Morgan fingerprint density at radius 2 is 1.22 bits per heavy atom. The first-order chi connectivity index (χ1) is 11.3. The van der Waals surface area contributed by atoms with Crippen LogP contribution in [0.1, 0.15) is 51.4 Å². The van der Waals surface area contributed by atoms with Crippen LogP contribution < -0.4 is 0 Å². The summed E-state index contributed by atoms with van der Waals surface area (Å²) in [6, 6.07) is 18.9. The van der Waals surface area contributed by atoms with Gasteiger partial charge in [0.2, 0.25) is 0 Å². The Kier molecular flexibility index (Phi) is 7.85. The molecule has 0 radical (unpaired) electrons. The lowest BCUT2D eigenvalue weighted by molar-refractivity contribution is -0.148. The fourth-order valence-corrected chi connectivity index (χ4v) is 2.37. The molecule has 0 aromatic heterocycles. The van der Waals surface area contributed by atoms with Crippen LogP contribution in [0.2, 0.25) is 0 Å². The van der Waals surface area contributed by atoms with Gasteiger partial charge in [0, 0.05) is 5.56 Å². The lowest BCUT2D eigenvalue weighted by Crippen LogP contribution is -2.11. The molecule has 0 saturated heterocycles. The zero-order valence-corrected chi connectivity index (χ0v) is 14.3. The second-order valence-electron chi connectivity index (χ2n) is 5.77. The molecule has 0 spiro atoms. The molecule has 2 aromatic carbocycles. The predicted molar refractivity (Wildman–Crippen MR) is 96.3 cm³/mol. The van der Waals surface area contributed by atoms with Gasteiger partial charge in [-0.1, -0.05) is 81.3 Å². The Balaban J connectivity index is 2.04. The zero-order valence-electron chi connectivity index (χ0n) is 14.3. The summed E-state index contributed by atoms with van der Waals surface area (Å²) in [6.45, 7) is 5.83. The molecular formula is C21H28O2. The molecule has 2 nitrogen and oxygen atoms in total. The fraction of sp³-hybridized carbons (Fsp3) is 0.429. The first-order valence-electron chi connectivity index (χ1n) is 8.73. The third kappa shape index (κ3) is 5.81. The molecule has 0 fully saturated rings. The highest BCUT2D eigenvalue weighted by molar-refractivity contribution is 5.63. The van der Waals surface area contributed by atoms with E-state index in [9.17, 15) is 0 Å². The number of unbranched alkanes of at least 4 members (excludes halogenated alkanes) is 2. The molecule has 0 heterocycles. The van der Waals surface area contributed by atoms with Crippen LogP contribution in [0, 0.1) is 0 Å². The second-order valence-corrected chi connectivity index (χ2v) is 5.77. The summed E-state index contributed by atoms with van der Waals surface area (Å²) in [5, 5.41) is 0. The maximum atomic E-state index is 5.94. The number of hydrogen-bond donors (Lipinski definition) is 0. The number of hydrogen-bond acceptors (Lipinski definition) is 2. The van der Waals surface area contributed by atoms with Gasteiger partial charge in [-0.3, -0.25) is 0 Å². The van der Waals surface area contributed by atoms with E-state index in [0.29, 0.717) is 0 Å². The summed E-state index contributed by atoms with van der Waals surface area (Å²) < 4.78 is 11.9. The average molecular weight is 312 g/mol. The highest BCUT2D eigenvalue weighted by atomic mass is 16.7. The van der Waals surface area contributed by atoms with Crippen LogP contribution in [0.4, 0.5) is 0 Å². The predicted octanol–water partition coefficient (Wildman–Crippen LogP) is 5.99. The zero-order chi connectivity index (χ0) is 16.3. The van der Waals surface area contributed by atoms with Crippen molar-refractivity contribution in [1.29, 1.82) is 0 Å². The summed E-state index contributed by atoms with van der Waals surface area (Å²) in [5.41, 5.74) is 3.54. The van der Waals surface area contributed by atoms with Crippen LogP contribution in [-0.4, -0.2) is 13.2 Å². The molecule has 0 N–H and O–H groups in total. The van der Waals surface area contributed by atoms with Gasteiger partial charge in [-0.05, 0) is 24.0 Å². The lowest BCUT2D eigenvalue weighted by atomic mass is 10.0. The minimum atomic E-state index is -0.252. The Labute approximate surface area is 140 Å². The monoisotopic (exact) mass is 312 g/mol. The van der Waals surface area contributed by atoms with Crippen molar-refractivity contribution in [1.82, 2.24) is 0 Å². The smallest absolute Gasteiger partial charge is 0.183 e. The summed E-state index contributed by atoms with van der Waals surface area (Å²) in [4.78, 5) is 0. The lowest BCUT2D eigenvalue weighted by Gasteiger charge is -2.19. The van der Waals surface area contributed by atoms with E-state index < -0.39 is 0 Å². The summed E-state index contributed by atoms with van der Waals surface area (Å²) in [6.07, 6.45) is 4.15. The Morgan fingerprint density at radius 3 is 1.74 bits per heavy atom. The quantitative estimate of drug-likeness (QED) is 0.396. The van der Waals surface area contributed by atoms with E-state index in [0.717, 1.165) is 44.5 Å². The number of rotatable bonds is 10. The molecule has 0 bridgehead atoms. The summed E-state index contributed by atoms with van der Waals surface area (Å²) in [7, 11) is 0. The van der Waals surface area contributed by atoms with Crippen molar-refractivity contribution in [2.24, 2.45) is 0 Å². The average Bonchev–Trinajstić information content (AvgIpc) is 2.62. The topological polar surface area (TPSA) is 18.5 Å². The highest BCUT2D eigenvalue weighted by Gasteiger charge is 2.12. The number of benzene rings is 2. The molecule has 2 aromatic rings. The van der Waals surface area contributed by atoms with E-state index >= 15 is 0 Å². The molecule has 0 atom stereocenters. The Morgan fingerprint density at radius 1 is 0.696 bits per heavy atom. The summed E-state index contributed by atoms with van der Waals surface area (Å²) in [5.74, 6) is 0. The Bertz CT molecular complexity index is 524. The van der Waals surface area contributed by atoms with Crippen molar-refractivity contribution in [3.05, 3.63) is 60.2 Å². The highest BCUT2D eigenvalue weighted by Crippen LogP contribution is 2.24. The third-order valence-corrected chi connectivity index (χ3v) is 3.82. The van der Waals surface area contributed by atoms with Gasteiger partial charge in [0.25, 0.3) is 0 Å².